The maximum atomic E-state index is 11.5. The van der Waals surface area contributed by atoms with E-state index in [0.29, 0.717) is 24.9 Å². The fraction of sp³-hybridized carbons (Fsp3) is 0.250. The first-order valence-electron chi connectivity index (χ1n) is 7.71. The molecule has 3 aromatic rings. The summed E-state index contributed by atoms with van der Waals surface area (Å²) in [7, 11) is 1.84. The second-order valence-electron chi connectivity index (χ2n) is 5.70. The molecule has 0 unspecified atom stereocenters. The quantitative estimate of drug-likeness (QED) is 0.703. The minimum absolute atomic E-state index is 0.0738. The Morgan fingerprint density at radius 3 is 3.04 bits per heavy atom. The molecule has 25 heavy (non-hydrogen) atoms. The van der Waals surface area contributed by atoms with Crippen LogP contribution in [0.4, 0.5) is 11.6 Å². The Hall–Kier alpha value is -2.94. The number of carbonyl (C=O) groups is 1. The zero-order valence-electron chi connectivity index (χ0n) is 13.5. The van der Waals surface area contributed by atoms with E-state index < -0.39 is 0 Å². The fourth-order valence-electron chi connectivity index (χ4n) is 2.57. The summed E-state index contributed by atoms with van der Waals surface area (Å²) in [6.07, 6.45) is 4.78. The topological polar surface area (TPSA) is 85.2 Å². The highest BCUT2D eigenvalue weighted by Crippen LogP contribution is 2.31. The molecule has 128 valence electrons. The molecule has 1 saturated heterocycles. The van der Waals surface area contributed by atoms with E-state index in [4.69, 9.17) is 4.74 Å². The van der Waals surface area contributed by atoms with Gasteiger partial charge in [0.05, 0.1) is 30.5 Å². The molecule has 0 atom stereocenters. The molecule has 1 aliphatic heterocycles. The van der Waals surface area contributed by atoms with E-state index >= 15 is 0 Å². The van der Waals surface area contributed by atoms with Crippen molar-refractivity contribution in [1.82, 2.24) is 24.6 Å². The maximum absolute atomic E-state index is 11.5. The molecule has 1 fully saturated rings. The lowest BCUT2D eigenvalue weighted by Crippen LogP contribution is -2.55. The monoisotopic (exact) mass is 356 g/mol. The van der Waals surface area contributed by atoms with Gasteiger partial charge in [0.1, 0.15) is 10.8 Å². The van der Waals surface area contributed by atoms with Gasteiger partial charge in [-0.1, -0.05) is 6.58 Å². The van der Waals surface area contributed by atoms with E-state index in [2.05, 4.69) is 27.0 Å². The minimum Gasteiger partial charge on any atom is -0.469 e. The maximum Gasteiger partial charge on any atom is 0.246 e. The van der Waals surface area contributed by atoms with Gasteiger partial charge in [-0.05, 0) is 17.5 Å². The summed E-state index contributed by atoms with van der Waals surface area (Å²) < 4.78 is 8.59. The first kappa shape index (κ1) is 15.6. The lowest BCUT2D eigenvalue weighted by Gasteiger charge is -2.38. The van der Waals surface area contributed by atoms with E-state index in [-0.39, 0.29) is 12.0 Å². The Labute approximate surface area is 147 Å². The number of anilines is 2. The molecule has 0 saturated carbocycles. The Morgan fingerprint density at radius 1 is 1.48 bits per heavy atom. The first-order chi connectivity index (χ1) is 12.1. The summed E-state index contributed by atoms with van der Waals surface area (Å²) in [5.74, 6) is 0.900. The third-order valence-corrected chi connectivity index (χ3v) is 4.74. The number of hydrogen-bond acceptors (Lipinski definition) is 7. The molecule has 1 amide bonds. The lowest BCUT2D eigenvalue weighted by atomic mass is 10.1. The van der Waals surface area contributed by atoms with Gasteiger partial charge in [-0.15, -0.1) is 11.3 Å². The van der Waals surface area contributed by atoms with Crippen LogP contribution in [-0.4, -0.2) is 49.7 Å². The van der Waals surface area contributed by atoms with Gasteiger partial charge >= 0.3 is 0 Å². The highest BCUT2D eigenvalue weighted by atomic mass is 32.1. The van der Waals surface area contributed by atoms with Crippen LogP contribution in [0.5, 0.6) is 5.88 Å². The molecule has 0 aromatic carbocycles. The van der Waals surface area contributed by atoms with Gasteiger partial charge in [-0.3, -0.25) is 9.48 Å². The van der Waals surface area contributed by atoms with Gasteiger partial charge in [0.2, 0.25) is 17.7 Å². The third-order valence-electron chi connectivity index (χ3n) is 3.85. The number of thiophene rings is 1. The number of fused-ring (bicyclic) bond motifs is 1. The second kappa shape index (κ2) is 6.17. The van der Waals surface area contributed by atoms with Crippen LogP contribution in [0.1, 0.15) is 0 Å². The van der Waals surface area contributed by atoms with Crippen molar-refractivity contribution in [3.05, 3.63) is 36.5 Å². The van der Waals surface area contributed by atoms with Crippen LogP contribution >= 0.6 is 11.3 Å². The Morgan fingerprint density at radius 2 is 2.32 bits per heavy atom. The Balaban J connectivity index is 1.54. The van der Waals surface area contributed by atoms with E-state index in [0.717, 1.165) is 15.9 Å². The number of amides is 1. The van der Waals surface area contributed by atoms with Crippen molar-refractivity contribution in [3.8, 4) is 5.88 Å². The number of carbonyl (C=O) groups excluding carboxylic acids is 1. The molecular formula is C16H16N6O2S. The van der Waals surface area contributed by atoms with Crippen molar-refractivity contribution in [1.29, 1.82) is 0 Å². The highest BCUT2D eigenvalue weighted by molar-refractivity contribution is 7.17. The smallest absolute Gasteiger partial charge is 0.246 e. The molecule has 0 spiro atoms. The molecule has 0 bridgehead atoms. The fourth-order valence-corrected chi connectivity index (χ4v) is 3.33. The first-order valence-corrected chi connectivity index (χ1v) is 8.59. The number of aryl methyl sites for hydroxylation is 1. The van der Waals surface area contributed by atoms with Gasteiger partial charge in [0, 0.05) is 13.2 Å². The van der Waals surface area contributed by atoms with E-state index in [1.54, 1.807) is 15.8 Å². The van der Waals surface area contributed by atoms with Crippen molar-refractivity contribution in [2.75, 3.05) is 18.4 Å². The van der Waals surface area contributed by atoms with Crippen molar-refractivity contribution in [3.63, 3.8) is 0 Å². The average Bonchev–Trinajstić information content (AvgIpc) is 3.18. The predicted molar refractivity (Wildman–Crippen MR) is 95.1 cm³/mol. The standard InChI is InChI=1S/C16H16N6O2S/c1-3-13(23)22-8-11(9-22)24-15-14-12(4-5-25-14)19-16(20-15)18-10-6-17-21(2)7-10/h3-7,11H,1,8-9H2,2H3,(H,18,19,20). The number of nitrogens with one attached hydrogen (secondary N) is 1. The summed E-state index contributed by atoms with van der Waals surface area (Å²) in [6, 6.07) is 1.93. The predicted octanol–water partition coefficient (Wildman–Crippen LogP) is 1.94. The highest BCUT2D eigenvalue weighted by Gasteiger charge is 2.32. The zero-order valence-corrected chi connectivity index (χ0v) is 14.4. The summed E-state index contributed by atoms with van der Waals surface area (Å²) in [5, 5.41) is 9.20. The van der Waals surface area contributed by atoms with Crippen molar-refractivity contribution >= 4 is 39.1 Å². The van der Waals surface area contributed by atoms with Crippen molar-refractivity contribution in [2.45, 2.75) is 6.10 Å². The largest absolute Gasteiger partial charge is 0.469 e. The summed E-state index contributed by atoms with van der Waals surface area (Å²) in [4.78, 5) is 22.2. The number of hydrogen-bond donors (Lipinski definition) is 1. The Bertz CT molecular complexity index is 943. The molecule has 0 radical (unpaired) electrons. The zero-order chi connectivity index (χ0) is 17.4. The number of aromatic nitrogens is 4. The normalized spacial score (nSPS) is 14.4. The molecule has 1 aliphatic rings. The summed E-state index contributed by atoms with van der Waals surface area (Å²) in [6.45, 7) is 4.56. The number of ether oxygens (including phenoxy) is 1. The molecule has 1 N–H and O–H groups in total. The lowest BCUT2D eigenvalue weighted by molar-refractivity contribution is -0.134. The number of nitrogens with zero attached hydrogens (tertiary/aromatic N) is 5. The van der Waals surface area contributed by atoms with Crippen LogP contribution in [0.2, 0.25) is 0 Å². The van der Waals surface area contributed by atoms with Gasteiger partial charge < -0.3 is 15.0 Å². The number of rotatable bonds is 5. The third kappa shape index (κ3) is 3.05. The molecule has 4 heterocycles. The van der Waals surface area contributed by atoms with Crippen LogP contribution in [0, 0.1) is 0 Å². The average molecular weight is 356 g/mol. The van der Waals surface area contributed by atoms with E-state index in [9.17, 15) is 4.79 Å². The van der Waals surface area contributed by atoms with Crippen LogP contribution in [0.3, 0.4) is 0 Å². The number of likely N-dealkylation sites (tertiary alicyclic amines) is 1. The molecule has 8 nitrogen and oxygen atoms in total. The molecular weight excluding hydrogens is 340 g/mol. The van der Waals surface area contributed by atoms with Crippen LogP contribution in [-0.2, 0) is 11.8 Å². The van der Waals surface area contributed by atoms with E-state index in [1.165, 1.54) is 17.4 Å². The van der Waals surface area contributed by atoms with Crippen molar-refractivity contribution in [2.24, 2.45) is 7.05 Å². The SMILES string of the molecule is C=CC(=O)N1CC(Oc2nc(Nc3cnn(C)c3)nc3ccsc23)C1. The second-order valence-corrected chi connectivity index (χ2v) is 6.62. The van der Waals surface area contributed by atoms with Crippen LogP contribution < -0.4 is 10.1 Å². The van der Waals surface area contributed by atoms with Crippen LogP contribution in [0.15, 0.2) is 36.5 Å². The van der Waals surface area contributed by atoms with Gasteiger partial charge in [0.15, 0.2) is 0 Å². The molecule has 0 aliphatic carbocycles. The summed E-state index contributed by atoms with van der Waals surface area (Å²) >= 11 is 1.53. The Kier molecular flexibility index (Phi) is 3.85. The molecule has 3 aromatic heterocycles. The molecule has 9 heteroatoms. The van der Waals surface area contributed by atoms with Crippen LogP contribution in [0.25, 0.3) is 10.2 Å². The minimum atomic E-state index is -0.0808. The van der Waals surface area contributed by atoms with Gasteiger partial charge in [0.25, 0.3) is 0 Å². The summed E-state index contributed by atoms with van der Waals surface area (Å²) in [5.41, 5.74) is 1.62. The van der Waals surface area contributed by atoms with Crippen molar-refractivity contribution < 1.29 is 9.53 Å². The molecule has 4 rings (SSSR count). The van der Waals surface area contributed by atoms with Gasteiger partial charge in [-0.2, -0.15) is 10.1 Å². The van der Waals surface area contributed by atoms with E-state index in [1.807, 2.05) is 24.7 Å². The van der Waals surface area contributed by atoms with Gasteiger partial charge in [-0.25, -0.2) is 4.98 Å².